The van der Waals surface area contributed by atoms with Crippen molar-refractivity contribution in [1.82, 2.24) is 10.6 Å². The molecular weight excluding hydrogens is 352 g/mol. The summed E-state index contributed by atoms with van der Waals surface area (Å²) in [6, 6.07) is -0.844. The van der Waals surface area contributed by atoms with E-state index in [9.17, 15) is 9.59 Å². The molecule has 1 aliphatic carbocycles. The Hall–Kier alpha value is -1.64. The van der Waals surface area contributed by atoms with Gasteiger partial charge in [-0.2, -0.15) is 0 Å². The van der Waals surface area contributed by atoms with Crippen molar-refractivity contribution in [2.75, 3.05) is 13.7 Å². The van der Waals surface area contributed by atoms with Crippen molar-refractivity contribution >= 4 is 11.9 Å². The van der Waals surface area contributed by atoms with E-state index in [0.717, 1.165) is 0 Å². The van der Waals surface area contributed by atoms with Crippen LogP contribution in [0, 0.1) is 5.92 Å². The van der Waals surface area contributed by atoms with E-state index in [1.807, 2.05) is 34.6 Å². The molecule has 2 aliphatic rings. The minimum absolute atomic E-state index is 0.0899. The molecule has 4 atom stereocenters. The molecular formula is C19H32N2O6. The minimum atomic E-state index is -0.722. The number of imide groups is 1. The lowest BCUT2D eigenvalue weighted by molar-refractivity contribution is -0.162. The highest BCUT2D eigenvalue weighted by atomic mass is 16.8. The molecule has 154 valence electrons. The predicted octanol–water partition coefficient (Wildman–Crippen LogP) is 2.09. The highest BCUT2D eigenvalue weighted by molar-refractivity contribution is 6.03. The lowest BCUT2D eigenvalue weighted by Crippen LogP contribution is -2.48. The Kier molecular flexibility index (Phi) is 6.55. The number of carbonyl (C=O) groups is 2. The first-order chi connectivity index (χ1) is 12.4. The Morgan fingerprint density at radius 2 is 1.85 bits per heavy atom. The maximum atomic E-state index is 12.3. The van der Waals surface area contributed by atoms with E-state index in [2.05, 4.69) is 10.6 Å². The first-order valence-electron chi connectivity index (χ1n) is 9.23. The average Bonchev–Trinajstić information content (AvgIpc) is 2.99. The molecule has 8 nitrogen and oxygen atoms in total. The van der Waals surface area contributed by atoms with Gasteiger partial charge in [0.1, 0.15) is 6.10 Å². The van der Waals surface area contributed by atoms with Crippen LogP contribution >= 0.6 is 0 Å². The van der Waals surface area contributed by atoms with Gasteiger partial charge in [0.2, 0.25) is 0 Å². The van der Waals surface area contributed by atoms with E-state index in [1.165, 1.54) is 13.4 Å². The first kappa shape index (κ1) is 21.7. The van der Waals surface area contributed by atoms with Crippen LogP contribution in [0.2, 0.25) is 0 Å². The van der Waals surface area contributed by atoms with Gasteiger partial charge < -0.3 is 24.3 Å². The van der Waals surface area contributed by atoms with Gasteiger partial charge in [-0.1, -0.05) is 0 Å². The monoisotopic (exact) mass is 384 g/mol. The van der Waals surface area contributed by atoms with E-state index < -0.39 is 17.7 Å². The molecule has 0 radical (unpaired) electrons. The molecule has 2 rings (SSSR count). The predicted molar refractivity (Wildman–Crippen MR) is 98.9 cm³/mol. The molecule has 0 unspecified atom stereocenters. The third-order valence-corrected chi connectivity index (χ3v) is 4.51. The molecule has 1 aliphatic heterocycles. The standard InChI is InChI=1S/C19H32N2O6/c1-11(9-24-7)16(22)21-17(23)20-13-8-12(10-25-18(2,3)4)14-15(13)27-19(5,6)26-14/h9,12-15H,8,10H2,1-7H3,(H2,20,21,22,23)/b11-9+/t12-,13+,14-,15+/m0/s1. The first-order valence-corrected chi connectivity index (χ1v) is 9.23. The number of hydrogen-bond donors (Lipinski definition) is 2. The van der Waals surface area contributed by atoms with Crippen molar-refractivity contribution in [2.45, 2.75) is 77.6 Å². The molecule has 8 heteroatoms. The normalized spacial score (nSPS) is 30.0. The summed E-state index contributed by atoms with van der Waals surface area (Å²) in [5, 5.41) is 5.14. The van der Waals surface area contributed by atoms with E-state index in [4.69, 9.17) is 18.9 Å². The molecule has 1 heterocycles. The fourth-order valence-corrected chi connectivity index (χ4v) is 3.38. The molecule has 1 saturated heterocycles. The molecule has 3 amide bonds. The van der Waals surface area contributed by atoms with E-state index in [-0.39, 0.29) is 29.8 Å². The summed E-state index contributed by atoms with van der Waals surface area (Å²) in [6.07, 6.45) is 1.48. The molecule has 27 heavy (non-hydrogen) atoms. The number of hydrogen-bond acceptors (Lipinski definition) is 6. The second-order valence-corrected chi connectivity index (χ2v) is 8.55. The molecule has 0 bridgehead atoms. The molecule has 0 spiro atoms. The lowest BCUT2D eigenvalue weighted by Gasteiger charge is -2.26. The summed E-state index contributed by atoms with van der Waals surface area (Å²) in [7, 11) is 1.44. The van der Waals surface area contributed by atoms with E-state index >= 15 is 0 Å². The zero-order chi connectivity index (χ0) is 20.4. The van der Waals surface area contributed by atoms with Crippen molar-refractivity contribution in [3.05, 3.63) is 11.8 Å². The Labute approximate surface area is 160 Å². The minimum Gasteiger partial charge on any atom is -0.504 e. The number of urea groups is 1. The van der Waals surface area contributed by atoms with Gasteiger partial charge in [-0.15, -0.1) is 0 Å². The van der Waals surface area contributed by atoms with Gasteiger partial charge in [-0.3, -0.25) is 10.1 Å². The third-order valence-electron chi connectivity index (χ3n) is 4.51. The zero-order valence-corrected chi connectivity index (χ0v) is 17.3. The molecule has 0 aromatic heterocycles. The van der Waals surface area contributed by atoms with Gasteiger partial charge in [0, 0.05) is 11.5 Å². The summed E-state index contributed by atoms with van der Waals surface area (Å²) in [5.41, 5.74) is 0.0420. The van der Waals surface area contributed by atoms with Crippen molar-refractivity contribution in [3.8, 4) is 0 Å². The van der Waals surface area contributed by atoms with Crippen molar-refractivity contribution < 1.29 is 28.5 Å². The number of methoxy groups -OCH3 is 1. The van der Waals surface area contributed by atoms with Crippen LogP contribution in [-0.4, -0.2) is 55.3 Å². The second-order valence-electron chi connectivity index (χ2n) is 8.55. The Morgan fingerprint density at radius 1 is 1.22 bits per heavy atom. The van der Waals surface area contributed by atoms with Crippen LogP contribution in [0.4, 0.5) is 4.79 Å². The molecule has 2 N–H and O–H groups in total. The Bertz CT molecular complexity index is 595. The summed E-state index contributed by atoms with van der Waals surface area (Å²) in [4.78, 5) is 24.2. The fourth-order valence-electron chi connectivity index (χ4n) is 3.38. The van der Waals surface area contributed by atoms with Crippen molar-refractivity contribution in [2.24, 2.45) is 5.92 Å². The number of nitrogens with one attached hydrogen (secondary N) is 2. The van der Waals surface area contributed by atoms with Gasteiger partial charge in [0.05, 0.1) is 37.7 Å². The van der Waals surface area contributed by atoms with Crippen LogP contribution in [0.5, 0.6) is 0 Å². The maximum Gasteiger partial charge on any atom is 0.322 e. The second kappa shape index (κ2) is 8.16. The lowest BCUT2D eigenvalue weighted by atomic mass is 10.1. The highest BCUT2D eigenvalue weighted by Crippen LogP contribution is 2.42. The van der Waals surface area contributed by atoms with Crippen molar-refractivity contribution in [1.29, 1.82) is 0 Å². The van der Waals surface area contributed by atoms with Crippen LogP contribution in [0.3, 0.4) is 0 Å². The SMILES string of the molecule is CO/C=C(\C)C(=O)NC(=O)N[C@@H]1C[C@@H](COC(C)(C)C)[C@@H]2OC(C)(C)O[C@@H]21. The van der Waals surface area contributed by atoms with E-state index in [0.29, 0.717) is 18.6 Å². The smallest absolute Gasteiger partial charge is 0.322 e. The largest absolute Gasteiger partial charge is 0.504 e. The van der Waals surface area contributed by atoms with Gasteiger partial charge in [0.25, 0.3) is 5.91 Å². The topological polar surface area (TPSA) is 95.1 Å². The Balaban J connectivity index is 2.00. The van der Waals surface area contributed by atoms with Crippen LogP contribution in [0.15, 0.2) is 11.8 Å². The molecule has 2 fully saturated rings. The molecule has 1 saturated carbocycles. The average molecular weight is 384 g/mol. The summed E-state index contributed by atoms with van der Waals surface area (Å²) in [5.74, 6) is -1.15. The zero-order valence-electron chi connectivity index (χ0n) is 17.3. The fraction of sp³-hybridized carbons (Fsp3) is 0.789. The third kappa shape index (κ3) is 5.92. The quantitative estimate of drug-likeness (QED) is 0.557. The highest BCUT2D eigenvalue weighted by Gasteiger charge is 2.54. The van der Waals surface area contributed by atoms with E-state index in [1.54, 1.807) is 6.92 Å². The van der Waals surface area contributed by atoms with Gasteiger partial charge in [-0.25, -0.2) is 4.79 Å². The maximum absolute atomic E-state index is 12.3. The van der Waals surface area contributed by atoms with Gasteiger partial charge in [-0.05, 0) is 48.0 Å². The van der Waals surface area contributed by atoms with Crippen molar-refractivity contribution in [3.63, 3.8) is 0 Å². The molecule has 0 aromatic carbocycles. The molecule has 0 aromatic rings. The van der Waals surface area contributed by atoms with Crippen LogP contribution in [-0.2, 0) is 23.7 Å². The number of amides is 3. The summed E-state index contributed by atoms with van der Waals surface area (Å²) in [6.45, 7) is 11.8. The number of rotatable bonds is 5. The Morgan fingerprint density at radius 3 is 2.44 bits per heavy atom. The van der Waals surface area contributed by atoms with Gasteiger partial charge in [0.15, 0.2) is 5.79 Å². The van der Waals surface area contributed by atoms with Crippen LogP contribution < -0.4 is 10.6 Å². The summed E-state index contributed by atoms with van der Waals surface area (Å²) < 4.78 is 22.8. The summed E-state index contributed by atoms with van der Waals surface area (Å²) >= 11 is 0. The van der Waals surface area contributed by atoms with Crippen LogP contribution in [0.25, 0.3) is 0 Å². The van der Waals surface area contributed by atoms with Gasteiger partial charge >= 0.3 is 6.03 Å². The number of ether oxygens (including phenoxy) is 4. The number of fused-ring (bicyclic) bond motifs is 1. The van der Waals surface area contributed by atoms with Crippen LogP contribution in [0.1, 0.15) is 48.0 Å². The number of carbonyl (C=O) groups excluding carboxylic acids is 2.